The summed E-state index contributed by atoms with van der Waals surface area (Å²) in [6.07, 6.45) is 3.86. The normalized spacial score (nSPS) is 21.1. The van der Waals surface area contributed by atoms with Crippen LogP contribution in [0.2, 0.25) is 5.02 Å². The second-order valence-corrected chi connectivity index (χ2v) is 5.41. The predicted octanol–water partition coefficient (Wildman–Crippen LogP) is 3.00. The fourth-order valence-corrected chi connectivity index (χ4v) is 3.03. The van der Waals surface area contributed by atoms with Gasteiger partial charge in [0.2, 0.25) is 0 Å². The molecule has 0 spiro atoms. The van der Waals surface area contributed by atoms with Crippen LogP contribution in [-0.4, -0.2) is 24.5 Å². The number of halogens is 1. The van der Waals surface area contributed by atoms with Crippen LogP contribution < -0.4 is 5.73 Å². The fourth-order valence-electron chi connectivity index (χ4n) is 2.69. The van der Waals surface area contributed by atoms with Crippen molar-refractivity contribution in [2.45, 2.75) is 31.7 Å². The van der Waals surface area contributed by atoms with Gasteiger partial charge in [0.25, 0.3) is 0 Å². The van der Waals surface area contributed by atoms with Gasteiger partial charge in [-0.25, -0.2) is 0 Å². The molecule has 1 aromatic rings. The second-order valence-electron chi connectivity index (χ2n) is 5.01. The van der Waals surface area contributed by atoms with Gasteiger partial charge in [-0.2, -0.15) is 0 Å². The van der Waals surface area contributed by atoms with E-state index in [1.807, 2.05) is 18.2 Å². The summed E-state index contributed by atoms with van der Waals surface area (Å²) in [5, 5.41) is 0.825. The highest BCUT2D eigenvalue weighted by atomic mass is 35.5. The quantitative estimate of drug-likeness (QED) is 0.896. The van der Waals surface area contributed by atoms with Crippen LogP contribution in [0.5, 0.6) is 0 Å². The largest absolute Gasteiger partial charge is 0.328 e. The van der Waals surface area contributed by atoms with E-state index in [-0.39, 0.29) is 5.54 Å². The van der Waals surface area contributed by atoms with E-state index in [4.69, 9.17) is 17.3 Å². The Morgan fingerprint density at radius 2 is 1.88 bits per heavy atom. The fraction of sp³-hybridized carbons (Fsp3) is 0.571. The molecule has 0 aliphatic carbocycles. The Labute approximate surface area is 109 Å². The Balaban J connectivity index is 2.32. The smallest absolute Gasteiger partial charge is 0.0569 e. The molecule has 1 aliphatic heterocycles. The molecule has 2 rings (SSSR count). The molecule has 1 fully saturated rings. The van der Waals surface area contributed by atoms with Crippen molar-refractivity contribution in [1.82, 2.24) is 4.90 Å². The first-order valence-corrected chi connectivity index (χ1v) is 6.76. The third kappa shape index (κ3) is 2.49. The summed E-state index contributed by atoms with van der Waals surface area (Å²) >= 11 is 6.32. The summed E-state index contributed by atoms with van der Waals surface area (Å²) in [6, 6.07) is 8.07. The molecule has 0 amide bonds. The highest BCUT2D eigenvalue weighted by molar-refractivity contribution is 6.31. The maximum absolute atomic E-state index is 6.32. The van der Waals surface area contributed by atoms with Gasteiger partial charge < -0.3 is 5.73 Å². The van der Waals surface area contributed by atoms with Crippen LogP contribution in [0.4, 0.5) is 0 Å². The van der Waals surface area contributed by atoms with Gasteiger partial charge in [0.1, 0.15) is 0 Å². The highest BCUT2D eigenvalue weighted by Crippen LogP contribution is 2.34. The third-order valence-electron chi connectivity index (χ3n) is 3.91. The number of hydrogen-bond acceptors (Lipinski definition) is 2. The van der Waals surface area contributed by atoms with Crippen molar-refractivity contribution in [1.29, 1.82) is 0 Å². The van der Waals surface area contributed by atoms with Crippen molar-refractivity contribution in [3.63, 3.8) is 0 Å². The number of nitrogens with two attached hydrogens (primary N) is 1. The van der Waals surface area contributed by atoms with E-state index in [2.05, 4.69) is 17.9 Å². The number of hydrogen-bond donors (Lipinski definition) is 1. The summed E-state index contributed by atoms with van der Waals surface area (Å²) < 4.78 is 0. The monoisotopic (exact) mass is 252 g/mol. The lowest BCUT2D eigenvalue weighted by atomic mass is 9.88. The molecule has 1 saturated heterocycles. The summed E-state index contributed by atoms with van der Waals surface area (Å²) in [4.78, 5) is 2.48. The van der Waals surface area contributed by atoms with E-state index in [0.29, 0.717) is 6.54 Å². The SMILES string of the molecule is C[C@@](CN)(c1ccccc1Cl)N1CCCCC1. The average Bonchev–Trinajstić information content (AvgIpc) is 2.39. The first kappa shape index (κ1) is 12.9. The van der Waals surface area contributed by atoms with Crippen LogP contribution in [0, 0.1) is 0 Å². The van der Waals surface area contributed by atoms with E-state index in [0.717, 1.165) is 23.7 Å². The molecule has 0 radical (unpaired) electrons. The van der Waals surface area contributed by atoms with Gasteiger partial charge in [-0.3, -0.25) is 4.90 Å². The predicted molar refractivity (Wildman–Crippen MR) is 73.3 cm³/mol. The first-order chi connectivity index (χ1) is 8.18. The third-order valence-corrected chi connectivity index (χ3v) is 4.24. The molecule has 2 N–H and O–H groups in total. The average molecular weight is 253 g/mol. The summed E-state index contributed by atoms with van der Waals surface area (Å²) in [5.74, 6) is 0. The maximum atomic E-state index is 6.32. The van der Waals surface area contributed by atoms with Gasteiger partial charge >= 0.3 is 0 Å². The van der Waals surface area contributed by atoms with Crippen molar-refractivity contribution in [3.8, 4) is 0 Å². The molecule has 0 aromatic heterocycles. The zero-order chi connectivity index (χ0) is 12.3. The topological polar surface area (TPSA) is 29.3 Å². The summed E-state index contributed by atoms with van der Waals surface area (Å²) in [6.45, 7) is 5.06. The Kier molecular flexibility index (Phi) is 4.08. The minimum atomic E-state index is -0.126. The molecule has 94 valence electrons. The van der Waals surface area contributed by atoms with Crippen LogP contribution in [-0.2, 0) is 5.54 Å². The van der Waals surface area contributed by atoms with Gasteiger partial charge in [0, 0.05) is 11.6 Å². The second kappa shape index (κ2) is 5.38. The molecular weight excluding hydrogens is 232 g/mol. The van der Waals surface area contributed by atoms with Crippen LogP contribution in [0.15, 0.2) is 24.3 Å². The molecule has 17 heavy (non-hydrogen) atoms. The number of nitrogens with zero attached hydrogens (tertiary/aromatic N) is 1. The van der Waals surface area contributed by atoms with Crippen molar-refractivity contribution < 1.29 is 0 Å². The zero-order valence-corrected chi connectivity index (χ0v) is 11.2. The molecule has 2 nitrogen and oxygen atoms in total. The minimum Gasteiger partial charge on any atom is -0.328 e. The highest BCUT2D eigenvalue weighted by Gasteiger charge is 2.34. The van der Waals surface area contributed by atoms with Crippen LogP contribution in [0.1, 0.15) is 31.7 Å². The van der Waals surface area contributed by atoms with Crippen LogP contribution in [0.25, 0.3) is 0 Å². The van der Waals surface area contributed by atoms with Crippen molar-refractivity contribution in [3.05, 3.63) is 34.9 Å². The van der Waals surface area contributed by atoms with Gasteiger partial charge in [0.05, 0.1) is 5.54 Å². The van der Waals surface area contributed by atoms with E-state index < -0.39 is 0 Å². The van der Waals surface area contributed by atoms with E-state index in [1.165, 1.54) is 19.3 Å². The van der Waals surface area contributed by atoms with Crippen molar-refractivity contribution >= 4 is 11.6 Å². The Morgan fingerprint density at radius 3 is 2.47 bits per heavy atom. The standard InChI is InChI=1S/C14H21ClN2/c1-14(11-16,17-9-5-2-6-10-17)12-7-3-4-8-13(12)15/h3-4,7-8H,2,5-6,9-11,16H2,1H3/t14-/m1/s1. The van der Waals surface area contributed by atoms with E-state index in [1.54, 1.807) is 0 Å². The Bertz CT molecular complexity index is 374. The Morgan fingerprint density at radius 1 is 1.24 bits per heavy atom. The summed E-state index contributed by atoms with van der Waals surface area (Å²) in [7, 11) is 0. The molecule has 1 aliphatic rings. The number of likely N-dealkylation sites (tertiary alicyclic amines) is 1. The van der Waals surface area contributed by atoms with Crippen molar-refractivity contribution in [2.75, 3.05) is 19.6 Å². The molecule has 1 aromatic carbocycles. The van der Waals surface area contributed by atoms with E-state index >= 15 is 0 Å². The maximum Gasteiger partial charge on any atom is 0.0569 e. The molecule has 0 bridgehead atoms. The number of benzene rings is 1. The lowest BCUT2D eigenvalue weighted by Crippen LogP contribution is -2.51. The summed E-state index contributed by atoms with van der Waals surface area (Å²) in [5.41, 5.74) is 7.07. The van der Waals surface area contributed by atoms with Crippen LogP contribution in [0.3, 0.4) is 0 Å². The number of rotatable bonds is 3. The van der Waals surface area contributed by atoms with Gasteiger partial charge in [0.15, 0.2) is 0 Å². The Hall–Kier alpha value is -0.570. The molecule has 1 heterocycles. The lowest BCUT2D eigenvalue weighted by molar-refractivity contribution is 0.0856. The van der Waals surface area contributed by atoms with Crippen LogP contribution >= 0.6 is 11.6 Å². The molecule has 0 saturated carbocycles. The molecule has 1 atom stereocenters. The van der Waals surface area contributed by atoms with Gasteiger partial charge in [-0.15, -0.1) is 0 Å². The minimum absolute atomic E-state index is 0.126. The lowest BCUT2D eigenvalue weighted by Gasteiger charge is -2.43. The molecule has 0 unspecified atom stereocenters. The zero-order valence-electron chi connectivity index (χ0n) is 10.5. The van der Waals surface area contributed by atoms with Crippen molar-refractivity contribution in [2.24, 2.45) is 5.73 Å². The first-order valence-electron chi connectivity index (χ1n) is 6.38. The van der Waals surface area contributed by atoms with Gasteiger partial charge in [-0.05, 0) is 44.5 Å². The molecule has 3 heteroatoms. The van der Waals surface area contributed by atoms with Gasteiger partial charge in [-0.1, -0.05) is 36.2 Å². The number of piperidine rings is 1. The molecular formula is C14H21ClN2. The van der Waals surface area contributed by atoms with E-state index in [9.17, 15) is 0 Å².